The van der Waals surface area contributed by atoms with Gasteiger partial charge in [0.25, 0.3) is 5.66 Å². The lowest BCUT2D eigenvalue weighted by Gasteiger charge is -2.38. The molecule has 3 unspecified atom stereocenters. The molecule has 0 spiro atoms. The zero-order valence-electron chi connectivity index (χ0n) is 14.9. The van der Waals surface area contributed by atoms with E-state index in [1.54, 1.807) is 44.9 Å². The maximum Gasteiger partial charge on any atom is 0.283 e. The van der Waals surface area contributed by atoms with Crippen molar-refractivity contribution in [3.63, 3.8) is 0 Å². The Balaban J connectivity index is 1.77. The van der Waals surface area contributed by atoms with E-state index in [0.29, 0.717) is 6.61 Å². The quantitative estimate of drug-likeness (QED) is 0.398. The minimum Gasteiger partial charge on any atom is -0.373 e. The van der Waals surface area contributed by atoms with Gasteiger partial charge in [-0.25, -0.2) is 0 Å². The number of benzene rings is 2. The van der Waals surface area contributed by atoms with E-state index in [2.05, 4.69) is 37.4 Å². The van der Waals surface area contributed by atoms with Crippen LogP contribution in [0.4, 0.5) is 8.78 Å². The van der Waals surface area contributed by atoms with E-state index in [4.69, 9.17) is 4.74 Å². The highest BCUT2D eigenvalue weighted by Crippen LogP contribution is 2.47. The Morgan fingerprint density at radius 1 is 1.15 bits per heavy atom. The van der Waals surface area contributed by atoms with E-state index < -0.39 is 5.66 Å². The molecule has 0 aromatic heterocycles. The molecule has 0 saturated carbocycles. The van der Waals surface area contributed by atoms with Crippen LogP contribution in [0, 0.1) is 0 Å². The minimum absolute atomic E-state index is 0.0346. The number of halogens is 2. The van der Waals surface area contributed by atoms with Crippen LogP contribution in [0.25, 0.3) is 0 Å². The predicted molar refractivity (Wildman–Crippen MR) is 110 cm³/mol. The van der Waals surface area contributed by atoms with E-state index in [0.717, 1.165) is 17.7 Å². The molecule has 1 saturated heterocycles. The molecule has 1 aliphatic heterocycles. The lowest BCUT2D eigenvalue weighted by atomic mass is 9.92. The summed E-state index contributed by atoms with van der Waals surface area (Å²) in [6, 6.07) is 15.1. The summed E-state index contributed by atoms with van der Waals surface area (Å²) in [6.45, 7) is 2.88. The molecular weight excluding hydrogens is 389 g/mol. The molecule has 3 atom stereocenters. The normalized spacial score (nSPS) is 23.8. The number of hydrogen-bond acceptors (Lipinski definition) is 3. The summed E-state index contributed by atoms with van der Waals surface area (Å²) in [5.41, 5.74) is -1.67. The standard InChI is InChI=1S/C20H23F2OPS2/c1-19(26-17-8-4-6-15(12-17)20(21,22)24)9-10-23-18(13-19)14-5-3-7-16(11-14)25-2/h3-8,11-12,18H,9-10,13,24H2,1-2H3. The van der Waals surface area contributed by atoms with Crippen LogP contribution in [0.1, 0.15) is 37.0 Å². The maximum absolute atomic E-state index is 13.6. The average Bonchev–Trinajstić information content (AvgIpc) is 2.61. The molecule has 0 aliphatic carbocycles. The molecule has 1 fully saturated rings. The van der Waals surface area contributed by atoms with Crippen molar-refractivity contribution in [1.29, 1.82) is 0 Å². The molecule has 0 radical (unpaired) electrons. The Hall–Kier alpha value is -0.610. The minimum atomic E-state index is -2.89. The Kier molecular flexibility index (Phi) is 6.33. The van der Waals surface area contributed by atoms with Crippen molar-refractivity contribution in [2.45, 2.75) is 46.1 Å². The van der Waals surface area contributed by atoms with Gasteiger partial charge in [0.1, 0.15) is 0 Å². The second-order valence-electron chi connectivity index (χ2n) is 6.79. The van der Waals surface area contributed by atoms with Gasteiger partial charge in [0.2, 0.25) is 0 Å². The summed E-state index contributed by atoms with van der Waals surface area (Å²) in [7, 11) is 1.61. The summed E-state index contributed by atoms with van der Waals surface area (Å²) >= 11 is 3.40. The van der Waals surface area contributed by atoms with E-state index >= 15 is 0 Å². The Bertz CT molecular complexity index is 765. The van der Waals surface area contributed by atoms with Gasteiger partial charge in [0, 0.05) is 26.7 Å². The first-order chi connectivity index (χ1) is 12.3. The third-order valence-electron chi connectivity index (χ3n) is 4.62. The lowest BCUT2D eigenvalue weighted by Crippen LogP contribution is -2.31. The summed E-state index contributed by atoms with van der Waals surface area (Å²) < 4.78 is 33.2. The van der Waals surface area contributed by atoms with Crippen molar-refractivity contribution in [3.05, 3.63) is 59.7 Å². The highest BCUT2D eigenvalue weighted by Gasteiger charge is 2.35. The molecule has 26 heavy (non-hydrogen) atoms. The molecule has 6 heteroatoms. The first-order valence-corrected chi connectivity index (χ1v) is 11.1. The molecule has 1 aliphatic rings. The van der Waals surface area contributed by atoms with Crippen molar-refractivity contribution in [2.24, 2.45) is 0 Å². The highest BCUT2D eigenvalue weighted by molar-refractivity contribution is 8.00. The predicted octanol–water partition coefficient (Wildman–Crippen LogP) is 6.74. The molecule has 0 N–H and O–H groups in total. The van der Waals surface area contributed by atoms with E-state index in [-0.39, 0.29) is 16.4 Å². The molecule has 0 amide bonds. The molecule has 1 heterocycles. The molecule has 3 rings (SSSR count). The van der Waals surface area contributed by atoms with Gasteiger partial charge in [-0.05, 0) is 55.9 Å². The van der Waals surface area contributed by atoms with Crippen molar-refractivity contribution >= 4 is 32.8 Å². The molecule has 2 aromatic rings. The number of rotatable bonds is 5. The Morgan fingerprint density at radius 3 is 2.62 bits per heavy atom. The topological polar surface area (TPSA) is 9.23 Å². The van der Waals surface area contributed by atoms with Crippen LogP contribution in [0.3, 0.4) is 0 Å². The van der Waals surface area contributed by atoms with Crippen LogP contribution in [0.15, 0.2) is 58.3 Å². The van der Waals surface area contributed by atoms with Gasteiger partial charge in [-0.1, -0.05) is 33.5 Å². The largest absolute Gasteiger partial charge is 0.373 e. The van der Waals surface area contributed by atoms with Crippen molar-refractivity contribution < 1.29 is 13.5 Å². The first-order valence-electron chi connectivity index (χ1n) is 8.51. The fourth-order valence-corrected chi connectivity index (χ4v) is 5.14. The number of ether oxygens (including phenoxy) is 1. The first kappa shape index (κ1) is 20.1. The maximum atomic E-state index is 13.6. The molecule has 0 bridgehead atoms. The molecular formula is C20H23F2OPS2. The van der Waals surface area contributed by atoms with Gasteiger partial charge < -0.3 is 4.74 Å². The third-order valence-corrected chi connectivity index (χ3v) is 7.03. The van der Waals surface area contributed by atoms with Crippen LogP contribution in [-0.2, 0) is 10.4 Å². The zero-order valence-corrected chi connectivity index (χ0v) is 17.7. The van der Waals surface area contributed by atoms with Gasteiger partial charge in [-0.15, -0.1) is 23.5 Å². The van der Waals surface area contributed by atoms with E-state index in [1.165, 1.54) is 16.5 Å². The van der Waals surface area contributed by atoms with Crippen LogP contribution < -0.4 is 0 Å². The van der Waals surface area contributed by atoms with Crippen LogP contribution in [0.5, 0.6) is 0 Å². The monoisotopic (exact) mass is 412 g/mol. The summed E-state index contributed by atoms with van der Waals surface area (Å²) in [6.07, 6.45) is 3.87. The number of thioether (sulfide) groups is 2. The lowest BCUT2D eigenvalue weighted by molar-refractivity contribution is 0.00211. The smallest absolute Gasteiger partial charge is 0.283 e. The van der Waals surface area contributed by atoms with Gasteiger partial charge in [0.05, 0.1) is 6.10 Å². The van der Waals surface area contributed by atoms with Crippen molar-refractivity contribution in [2.75, 3.05) is 12.9 Å². The average molecular weight is 413 g/mol. The van der Waals surface area contributed by atoms with Gasteiger partial charge >= 0.3 is 0 Å². The van der Waals surface area contributed by atoms with Gasteiger partial charge in [0.15, 0.2) is 0 Å². The fourth-order valence-electron chi connectivity index (χ4n) is 3.17. The van der Waals surface area contributed by atoms with E-state index in [9.17, 15) is 8.78 Å². The van der Waals surface area contributed by atoms with Crippen molar-refractivity contribution in [1.82, 2.24) is 0 Å². The number of alkyl halides is 2. The molecule has 140 valence electrons. The van der Waals surface area contributed by atoms with Crippen LogP contribution in [-0.4, -0.2) is 17.6 Å². The highest BCUT2D eigenvalue weighted by atomic mass is 32.2. The summed E-state index contributed by atoms with van der Waals surface area (Å²) in [4.78, 5) is 2.10. The van der Waals surface area contributed by atoms with Crippen molar-refractivity contribution in [3.8, 4) is 0 Å². The SMILES string of the molecule is CSc1cccc(C2CC(C)(Sc3cccc(C(F)(F)P)c3)CCO2)c1. The van der Waals surface area contributed by atoms with Gasteiger partial charge in [-0.3, -0.25) is 0 Å². The van der Waals surface area contributed by atoms with Crippen LogP contribution in [0.2, 0.25) is 0 Å². The van der Waals surface area contributed by atoms with E-state index in [1.807, 2.05) is 6.07 Å². The second kappa shape index (κ2) is 8.18. The zero-order chi connectivity index (χ0) is 18.8. The van der Waals surface area contributed by atoms with Gasteiger partial charge in [-0.2, -0.15) is 8.78 Å². The third kappa shape index (κ3) is 5.01. The Labute approximate surface area is 164 Å². The fraction of sp³-hybridized carbons (Fsp3) is 0.400. The molecule has 2 aromatic carbocycles. The molecule has 1 nitrogen and oxygen atoms in total. The summed E-state index contributed by atoms with van der Waals surface area (Å²) in [5.74, 6) is 0. The number of hydrogen-bond donors (Lipinski definition) is 0. The Morgan fingerprint density at radius 2 is 1.88 bits per heavy atom. The van der Waals surface area contributed by atoms with Crippen LogP contribution >= 0.6 is 32.8 Å². The summed E-state index contributed by atoms with van der Waals surface area (Å²) in [5, 5.41) is 0. The second-order valence-corrected chi connectivity index (χ2v) is 10.1.